The number of aromatic nitrogens is 4. The smallest absolute Gasteiger partial charge is 0.256 e. The highest BCUT2D eigenvalue weighted by Crippen LogP contribution is 2.34. The molecule has 0 bridgehead atoms. The van der Waals surface area contributed by atoms with E-state index in [2.05, 4.69) is 20.5 Å². The largest absolute Gasteiger partial charge is 0.352 e. The van der Waals surface area contributed by atoms with E-state index < -0.39 is 21.0 Å². The molecule has 2 aromatic rings. The van der Waals surface area contributed by atoms with Gasteiger partial charge in [-0.15, -0.1) is 10.2 Å². The van der Waals surface area contributed by atoms with E-state index >= 15 is 0 Å². The predicted molar refractivity (Wildman–Crippen MR) is 89.7 cm³/mol. The molecule has 25 heavy (non-hydrogen) atoms. The Kier molecular flexibility index (Phi) is 3.78. The van der Waals surface area contributed by atoms with E-state index in [9.17, 15) is 13.2 Å². The van der Waals surface area contributed by atoms with Crippen LogP contribution in [0.5, 0.6) is 0 Å². The van der Waals surface area contributed by atoms with Crippen molar-refractivity contribution in [2.75, 3.05) is 0 Å². The van der Waals surface area contributed by atoms with Gasteiger partial charge in [0.1, 0.15) is 5.25 Å². The Morgan fingerprint density at radius 3 is 2.76 bits per heavy atom. The molecule has 0 spiro atoms. The molecule has 1 aliphatic heterocycles. The van der Waals surface area contributed by atoms with Crippen LogP contribution in [0, 0.1) is 19.8 Å². The summed E-state index contributed by atoms with van der Waals surface area (Å²) < 4.78 is 27.8. The molecule has 4 rings (SSSR count). The van der Waals surface area contributed by atoms with Crippen LogP contribution in [0.15, 0.2) is 11.2 Å². The quantitative estimate of drug-likeness (QED) is 0.852. The molecule has 2 aromatic heterocycles. The Hall–Kier alpha value is -2.03. The third kappa shape index (κ3) is 2.61. The molecule has 0 radical (unpaired) electrons. The first-order valence-corrected chi connectivity index (χ1v) is 10.2. The van der Waals surface area contributed by atoms with Gasteiger partial charge in [0.2, 0.25) is 15.7 Å². The summed E-state index contributed by atoms with van der Waals surface area (Å²) in [7, 11) is -3.94. The minimum Gasteiger partial charge on any atom is -0.352 e. The summed E-state index contributed by atoms with van der Waals surface area (Å²) >= 11 is 0. The van der Waals surface area contributed by atoms with E-state index in [-0.39, 0.29) is 22.9 Å². The van der Waals surface area contributed by atoms with Gasteiger partial charge in [-0.2, -0.15) is 0 Å². The van der Waals surface area contributed by atoms with E-state index in [0.29, 0.717) is 12.1 Å². The van der Waals surface area contributed by atoms with Crippen LogP contribution >= 0.6 is 0 Å². The molecule has 0 aromatic carbocycles. The number of carbonyl (C=O) groups excluding carboxylic acids is 1. The van der Waals surface area contributed by atoms with E-state index in [0.717, 1.165) is 31.4 Å². The number of fused-ring (bicyclic) bond motifs is 2. The van der Waals surface area contributed by atoms with E-state index in [1.807, 2.05) is 6.92 Å². The molecular weight excluding hydrogens is 342 g/mol. The molecule has 3 unspecified atom stereocenters. The van der Waals surface area contributed by atoms with Crippen molar-refractivity contribution in [3.05, 3.63) is 17.5 Å². The number of hydrogen-bond donors (Lipinski definition) is 1. The van der Waals surface area contributed by atoms with Crippen LogP contribution in [0.3, 0.4) is 0 Å². The first-order chi connectivity index (χ1) is 11.9. The minimum absolute atomic E-state index is 0.105. The first kappa shape index (κ1) is 16.4. The highest BCUT2D eigenvalue weighted by Gasteiger charge is 2.45. The van der Waals surface area contributed by atoms with E-state index in [4.69, 9.17) is 0 Å². The van der Waals surface area contributed by atoms with Crippen molar-refractivity contribution in [1.29, 1.82) is 0 Å². The van der Waals surface area contributed by atoms with Gasteiger partial charge in [-0.3, -0.25) is 9.20 Å². The van der Waals surface area contributed by atoms with Crippen molar-refractivity contribution in [3.63, 3.8) is 0 Å². The summed E-state index contributed by atoms with van der Waals surface area (Å²) in [6.07, 6.45) is 4.40. The maximum atomic E-state index is 13.2. The lowest BCUT2D eigenvalue weighted by Gasteiger charge is -2.38. The van der Waals surface area contributed by atoms with Crippen LogP contribution in [0.25, 0.3) is 5.78 Å². The molecule has 1 amide bonds. The second-order valence-electron chi connectivity index (χ2n) is 7.09. The number of piperidine rings is 1. The van der Waals surface area contributed by atoms with Crippen molar-refractivity contribution in [1.82, 2.24) is 24.9 Å². The Balaban J connectivity index is 1.76. The number of rotatable bonds is 2. The zero-order valence-electron chi connectivity index (χ0n) is 14.3. The molecule has 1 N–H and O–H groups in total. The third-order valence-electron chi connectivity index (χ3n) is 5.34. The monoisotopic (exact) mass is 363 g/mol. The Bertz CT molecular complexity index is 952. The third-order valence-corrected chi connectivity index (χ3v) is 7.27. The number of hydrogen-bond acceptors (Lipinski definition) is 6. The van der Waals surface area contributed by atoms with Gasteiger partial charge in [0, 0.05) is 17.4 Å². The molecule has 1 aliphatic carbocycles. The lowest BCUT2D eigenvalue weighted by Crippen LogP contribution is -2.55. The average molecular weight is 363 g/mol. The summed E-state index contributed by atoms with van der Waals surface area (Å²) in [4.78, 5) is 16.7. The molecule has 9 heteroatoms. The van der Waals surface area contributed by atoms with Gasteiger partial charge in [-0.25, -0.2) is 13.4 Å². The standard InChI is InChI=1S/C16H21N5O3S/c1-9-7-10(2)21-15(17-9)19-20-16(21)25(23,24)13-8-11-5-3-4-6-12(11)18-14(13)22/h7,11-13H,3-6,8H2,1-2H3,(H,18,22). The number of nitrogens with one attached hydrogen (secondary N) is 1. The van der Waals surface area contributed by atoms with Crippen LogP contribution in [-0.2, 0) is 14.6 Å². The highest BCUT2D eigenvalue weighted by molar-refractivity contribution is 7.92. The zero-order chi connectivity index (χ0) is 17.8. The molecule has 3 atom stereocenters. The van der Waals surface area contributed by atoms with E-state index in [1.165, 1.54) is 4.40 Å². The first-order valence-electron chi connectivity index (χ1n) is 8.61. The highest BCUT2D eigenvalue weighted by atomic mass is 32.2. The molecule has 3 heterocycles. The summed E-state index contributed by atoms with van der Waals surface area (Å²) in [5, 5.41) is 9.38. The van der Waals surface area contributed by atoms with Gasteiger partial charge in [0.05, 0.1) is 0 Å². The number of sulfone groups is 1. The average Bonchev–Trinajstić information content (AvgIpc) is 2.99. The van der Waals surface area contributed by atoms with Crippen molar-refractivity contribution < 1.29 is 13.2 Å². The summed E-state index contributed by atoms with van der Waals surface area (Å²) in [6.45, 7) is 3.59. The van der Waals surface area contributed by atoms with Gasteiger partial charge < -0.3 is 5.32 Å². The van der Waals surface area contributed by atoms with Crippen LogP contribution < -0.4 is 5.32 Å². The normalized spacial score (nSPS) is 27.1. The van der Waals surface area contributed by atoms with Crippen molar-refractivity contribution in [2.45, 2.75) is 62.4 Å². The Morgan fingerprint density at radius 1 is 1.20 bits per heavy atom. The molecular formula is C16H21N5O3S. The minimum atomic E-state index is -3.94. The van der Waals surface area contributed by atoms with Gasteiger partial charge in [-0.1, -0.05) is 12.8 Å². The number of amides is 1. The van der Waals surface area contributed by atoms with Crippen molar-refractivity contribution in [3.8, 4) is 0 Å². The molecule has 1 saturated carbocycles. The maximum absolute atomic E-state index is 13.2. The SMILES string of the molecule is Cc1cc(C)n2c(S(=O)(=O)C3CC4CCCCC4NC3=O)nnc2n1. The lowest BCUT2D eigenvalue weighted by molar-refractivity contribution is -0.124. The van der Waals surface area contributed by atoms with Crippen LogP contribution in [0.1, 0.15) is 43.5 Å². The number of nitrogens with zero attached hydrogens (tertiary/aromatic N) is 4. The lowest BCUT2D eigenvalue weighted by atomic mass is 9.79. The van der Waals surface area contributed by atoms with Gasteiger partial charge in [0.25, 0.3) is 10.9 Å². The summed E-state index contributed by atoms with van der Waals surface area (Å²) in [5.74, 6) is 0.0346. The zero-order valence-corrected chi connectivity index (χ0v) is 15.1. The molecule has 8 nitrogen and oxygen atoms in total. The summed E-state index contributed by atoms with van der Waals surface area (Å²) in [6, 6.07) is 1.88. The number of aryl methyl sites for hydroxylation is 2. The van der Waals surface area contributed by atoms with Crippen LogP contribution in [0.4, 0.5) is 0 Å². The van der Waals surface area contributed by atoms with E-state index in [1.54, 1.807) is 13.0 Å². The van der Waals surface area contributed by atoms with Gasteiger partial charge in [-0.05, 0) is 45.1 Å². The number of carbonyl (C=O) groups is 1. The fraction of sp³-hybridized carbons (Fsp3) is 0.625. The predicted octanol–water partition coefficient (Wildman–Crippen LogP) is 0.962. The molecule has 2 fully saturated rings. The summed E-state index contributed by atoms with van der Waals surface area (Å²) in [5.41, 5.74) is 1.42. The Labute approximate surface area is 146 Å². The molecule has 134 valence electrons. The second kappa shape index (κ2) is 5.76. The fourth-order valence-electron chi connectivity index (χ4n) is 4.12. The maximum Gasteiger partial charge on any atom is 0.256 e. The van der Waals surface area contributed by atoms with Gasteiger partial charge >= 0.3 is 0 Å². The second-order valence-corrected chi connectivity index (χ2v) is 9.11. The molecule has 1 saturated heterocycles. The van der Waals surface area contributed by atoms with Gasteiger partial charge in [0.15, 0.2) is 0 Å². The fourth-order valence-corrected chi connectivity index (χ4v) is 5.86. The van der Waals surface area contributed by atoms with Crippen LogP contribution in [0.2, 0.25) is 0 Å². The van der Waals surface area contributed by atoms with Crippen molar-refractivity contribution >= 4 is 21.5 Å². The topological polar surface area (TPSA) is 106 Å². The molecule has 2 aliphatic rings. The van der Waals surface area contributed by atoms with Crippen molar-refractivity contribution in [2.24, 2.45) is 5.92 Å². The Morgan fingerprint density at radius 2 is 1.96 bits per heavy atom. The van der Waals surface area contributed by atoms with Crippen LogP contribution in [-0.4, -0.2) is 45.2 Å².